The molecule has 2 saturated carbocycles. The fourth-order valence-electron chi connectivity index (χ4n) is 3.10. The third kappa shape index (κ3) is 3.55. The van der Waals surface area contributed by atoms with E-state index in [1.54, 1.807) is 0 Å². The van der Waals surface area contributed by atoms with Gasteiger partial charge >= 0.3 is 6.09 Å². The lowest BCUT2D eigenvalue weighted by atomic mass is 9.67. The number of nitrogens with one attached hydrogen (secondary N) is 2. The van der Waals surface area contributed by atoms with Crippen LogP contribution in [0.25, 0.3) is 0 Å². The Hall–Kier alpha value is -1.39. The summed E-state index contributed by atoms with van der Waals surface area (Å²) < 4.78 is 5.27. The van der Waals surface area contributed by atoms with Crippen LogP contribution in [0.1, 0.15) is 46.5 Å². The van der Waals surface area contributed by atoms with Crippen molar-refractivity contribution < 1.29 is 14.3 Å². The molecule has 0 aliphatic heterocycles. The van der Waals surface area contributed by atoms with Crippen LogP contribution in [0.4, 0.5) is 4.79 Å². The van der Waals surface area contributed by atoms with Crippen LogP contribution in [0.2, 0.25) is 0 Å². The molecule has 2 fully saturated rings. The number of rotatable bonds is 1. The van der Waals surface area contributed by atoms with Crippen LogP contribution in [0.5, 0.6) is 0 Å². The summed E-state index contributed by atoms with van der Waals surface area (Å²) in [6.07, 6.45) is 1.75. The van der Waals surface area contributed by atoms with Crippen LogP contribution < -0.4 is 5.32 Å². The summed E-state index contributed by atoms with van der Waals surface area (Å²) >= 11 is 0. The summed E-state index contributed by atoms with van der Waals surface area (Å²) in [5.41, 5.74) is 0.181. The zero-order chi connectivity index (χ0) is 14.2. The van der Waals surface area contributed by atoms with Crippen molar-refractivity contribution in [1.29, 1.82) is 5.41 Å². The normalized spacial score (nSPS) is 31.0. The molecule has 2 rings (SSSR count). The molecule has 2 aliphatic rings. The van der Waals surface area contributed by atoms with Crippen molar-refractivity contribution in [2.24, 2.45) is 11.8 Å². The molecular weight excluding hydrogens is 244 g/mol. The lowest BCUT2D eigenvalue weighted by Gasteiger charge is -2.42. The third-order valence-electron chi connectivity index (χ3n) is 3.70. The average molecular weight is 266 g/mol. The van der Waals surface area contributed by atoms with Crippen LogP contribution in [0.15, 0.2) is 0 Å². The summed E-state index contributed by atoms with van der Waals surface area (Å²) in [5, 5.41) is 10.7. The molecule has 1 unspecified atom stereocenters. The summed E-state index contributed by atoms with van der Waals surface area (Å²) in [4.78, 5) is 23.5. The SMILES string of the molecule is CC(C)(C)OC(=O)NC1[C@@H]2CC(=N)C[C@H]1CC(=O)C2. The molecule has 0 spiro atoms. The largest absolute Gasteiger partial charge is 0.444 e. The van der Waals surface area contributed by atoms with Crippen molar-refractivity contribution in [3.8, 4) is 0 Å². The summed E-state index contributed by atoms with van der Waals surface area (Å²) in [7, 11) is 0. The van der Waals surface area contributed by atoms with Crippen molar-refractivity contribution in [2.45, 2.75) is 58.1 Å². The zero-order valence-corrected chi connectivity index (χ0v) is 11.8. The van der Waals surface area contributed by atoms with E-state index < -0.39 is 11.7 Å². The maximum Gasteiger partial charge on any atom is 0.407 e. The number of hydrogen-bond donors (Lipinski definition) is 2. The molecule has 1 amide bonds. The quantitative estimate of drug-likeness (QED) is 0.764. The maximum absolute atomic E-state index is 11.8. The Morgan fingerprint density at radius 3 is 2.21 bits per heavy atom. The second-order valence-electron chi connectivity index (χ2n) is 6.65. The van der Waals surface area contributed by atoms with E-state index in [9.17, 15) is 9.59 Å². The minimum absolute atomic E-state index is 0.0263. The standard InChI is InChI=1S/C14H22N2O3/c1-14(2,3)19-13(18)16-12-8-4-10(15)5-9(12)7-11(17)6-8/h8-9,12,15H,4-7H2,1-3H3,(H,16,18)/t8-,9+,12?. The Morgan fingerprint density at radius 2 is 1.74 bits per heavy atom. The van der Waals surface area contributed by atoms with Crippen LogP contribution in [-0.2, 0) is 9.53 Å². The molecule has 2 bridgehead atoms. The molecule has 5 nitrogen and oxygen atoms in total. The highest BCUT2D eigenvalue weighted by atomic mass is 16.6. The average Bonchev–Trinajstić information content (AvgIpc) is 2.17. The van der Waals surface area contributed by atoms with Gasteiger partial charge in [0, 0.05) is 24.6 Å². The highest BCUT2D eigenvalue weighted by molar-refractivity contribution is 5.88. The fraction of sp³-hybridized carbons (Fsp3) is 0.786. The van der Waals surface area contributed by atoms with Gasteiger partial charge in [-0.25, -0.2) is 4.79 Å². The highest BCUT2D eigenvalue weighted by Gasteiger charge is 2.42. The second-order valence-corrected chi connectivity index (χ2v) is 6.65. The van der Waals surface area contributed by atoms with Crippen molar-refractivity contribution >= 4 is 17.6 Å². The Balaban J connectivity index is 2.02. The molecular formula is C14H22N2O3. The first kappa shape index (κ1) is 14.0. The number of hydrogen-bond acceptors (Lipinski definition) is 4. The van der Waals surface area contributed by atoms with E-state index in [0.29, 0.717) is 31.4 Å². The van der Waals surface area contributed by atoms with E-state index in [1.807, 2.05) is 20.8 Å². The van der Waals surface area contributed by atoms with Gasteiger partial charge in [-0.05, 0) is 45.4 Å². The molecule has 0 aromatic carbocycles. The number of alkyl carbamates (subject to hydrolysis) is 1. The van der Waals surface area contributed by atoms with E-state index >= 15 is 0 Å². The second kappa shape index (κ2) is 4.94. The third-order valence-corrected chi connectivity index (χ3v) is 3.70. The predicted octanol–water partition coefficient (Wildman–Crippen LogP) is 2.29. The number of ether oxygens (including phenoxy) is 1. The van der Waals surface area contributed by atoms with E-state index in [1.165, 1.54) is 0 Å². The first-order valence-corrected chi connectivity index (χ1v) is 6.82. The first-order chi connectivity index (χ1) is 8.74. The number of Topliss-reactive ketones (excluding diaryl/α,β-unsaturated/α-hetero) is 1. The minimum Gasteiger partial charge on any atom is -0.444 e. The van der Waals surface area contributed by atoms with Crippen LogP contribution in [0.3, 0.4) is 0 Å². The number of carbonyl (C=O) groups excluding carboxylic acids is 2. The van der Waals surface area contributed by atoms with E-state index in [0.717, 1.165) is 0 Å². The number of amides is 1. The smallest absolute Gasteiger partial charge is 0.407 e. The van der Waals surface area contributed by atoms with Gasteiger partial charge in [-0.3, -0.25) is 4.79 Å². The van der Waals surface area contributed by atoms with E-state index in [4.69, 9.17) is 10.1 Å². The van der Waals surface area contributed by atoms with Crippen LogP contribution in [0, 0.1) is 17.2 Å². The van der Waals surface area contributed by atoms with Gasteiger partial charge in [-0.1, -0.05) is 0 Å². The Labute approximate surface area is 113 Å². The van der Waals surface area contributed by atoms with Crippen LogP contribution >= 0.6 is 0 Å². The van der Waals surface area contributed by atoms with Gasteiger partial charge in [0.05, 0.1) is 0 Å². The summed E-state index contributed by atoms with van der Waals surface area (Å²) in [6, 6.07) is -0.0263. The molecule has 2 aliphatic carbocycles. The van der Waals surface area contributed by atoms with Gasteiger partial charge in [-0.15, -0.1) is 0 Å². The molecule has 0 aromatic heterocycles. The monoisotopic (exact) mass is 266 g/mol. The van der Waals surface area contributed by atoms with Gasteiger partial charge in [0.25, 0.3) is 0 Å². The number of fused-ring (bicyclic) bond motifs is 2. The Morgan fingerprint density at radius 1 is 1.21 bits per heavy atom. The summed E-state index contributed by atoms with van der Waals surface area (Å²) in [5.74, 6) is 0.393. The Bertz CT molecular complexity index is 371. The number of carbonyl (C=O) groups is 2. The van der Waals surface area contributed by atoms with Crippen LogP contribution in [-0.4, -0.2) is 29.2 Å². The molecule has 0 aromatic rings. The molecule has 0 heterocycles. The van der Waals surface area contributed by atoms with Crippen molar-refractivity contribution in [3.63, 3.8) is 0 Å². The molecule has 3 atom stereocenters. The van der Waals surface area contributed by atoms with Crippen molar-refractivity contribution in [2.75, 3.05) is 0 Å². The van der Waals surface area contributed by atoms with Gasteiger partial charge in [0.15, 0.2) is 0 Å². The maximum atomic E-state index is 11.8. The van der Waals surface area contributed by atoms with Crippen molar-refractivity contribution in [3.05, 3.63) is 0 Å². The van der Waals surface area contributed by atoms with Crippen molar-refractivity contribution in [1.82, 2.24) is 5.32 Å². The van der Waals surface area contributed by atoms with Gasteiger partial charge in [0.1, 0.15) is 11.4 Å². The lowest BCUT2D eigenvalue weighted by molar-refractivity contribution is -0.124. The fourth-order valence-corrected chi connectivity index (χ4v) is 3.10. The van der Waals surface area contributed by atoms with E-state index in [2.05, 4.69) is 5.32 Å². The summed E-state index contributed by atoms with van der Waals surface area (Å²) in [6.45, 7) is 5.48. The molecule has 5 heteroatoms. The minimum atomic E-state index is -0.517. The van der Waals surface area contributed by atoms with Gasteiger partial charge < -0.3 is 15.5 Å². The van der Waals surface area contributed by atoms with E-state index in [-0.39, 0.29) is 23.7 Å². The molecule has 0 saturated heterocycles. The first-order valence-electron chi connectivity index (χ1n) is 6.82. The topological polar surface area (TPSA) is 79.2 Å². The Kier molecular flexibility index (Phi) is 3.65. The molecule has 106 valence electrons. The lowest BCUT2D eigenvalue weighted by Crippen LogP contribution is -2.54. The zero-order valence-electron chi connectivity index (χ0n) is 11.8. The molecule has 0 radical (unpaired) electrons. The molecule has 19 heavy (non-hydrogen) atoms. The van der Waals surface area contributed by atoms with Gasteiger partial charge in [-0.2, -0.15) is 0 Å². The predicted molar refractivity (Wildman–Crippen MR) is 71.3 cm³/mol. The molecule has 2 N–H and O–H groups in total. The van der Waals surface area contributed by atoms with Gasteiger partial charge in [0.2, 0.25) is 0 Å². The highest BCUT2D eigenvalue weighted by Crippen LogP contribution is 2.37. The number of ketones is 1.